The molecule has 5 heterocycles. The molecular formula is C32H35N7O4. The van der Waals surface area contributed by atoms with Gasteiger partial charge in [-0.2, -0.15) is 10.4 Å². The maximum absolute atomic E-state index is 12.9. The second-order valence-corrected chi connectivity index (χ2v) is 12.5. The number of hydrogen-bond donors (Lipinski definition) is 2. The lowest BCUT2D eigenvalue weighted by atomic mass is 9.97. The summed E-state index contributed by atoms with van der Waals surface area (Å²) < 4.78 is 12.6. The molecule has 222 valence electrons. The molecule has 0 aromatic carbocycles. The molecule has 1 saturated carbocycles. The molecule has 2 N–H and O–H groups in total. The number of fused-ring (bicyclic) bond motifs is 2. The highest BCUT2D eigenvalue weighted by Gasteiger charge is 2.47. The monoisotopic (exact) mass is 581 g/mol. The number of ether oxygens (including phenoxy) is 2. The van der Waals surface area contributed by atoms with Crippen LogP contribution in [0, 0.1) is 23.2 Å². The van der Waals surface area contributed by atoms with Gasteiger partial charge >= 0.3 is 0 Å². The summed E-state index contributed by atoms with van der Waals surface area (Å²) in [5.74, 6) is 2.70. The highest BCUT2D eigenvalue weighted by atomic mass is 16.5. The van der Waals surface area contributed by atoms with Crippen LogP contribution in [0.25, 0.3) is 16.6 Å². The zero-order chi connectivity index (χ0) is 30.4. The lowest BCUT2D eigenvalue weighted by Gasteiger charge is -2.29. The van der Waals surface area contributed by atoms with Gasteiger partial charge in [-0.1, -0.05) is 0 Å². The molecule has 0 spiro atoms. The number of nitrogens with one attached hydrogen (secondary N) is 1. The topological polar surface area (TPSA) is 138 Å². The Labute approximate surface area is 250 Å². The van der Waals surface area contributed by atoms with Crippen LogP contribution in [-0.2, 0) is 0 Å². The highest BCUT2D eigenvalue weighted by molar-refractivity contribution is 5.94. The smallest absolute Gasteiger partial charge is 0.253 e. The molecule has 1 amide bonds. The fourth-order valence-corrected chi connectivity index (χ4v) is 6.38. The van der Waals surface area contributed by atoms with Crippen molar-refractivity contribution in [3.05, 3.63) is 66.2 Å². The van der Waals surface area contributed by atoms with Crippen molar-refractivity contribution in [2.24, 2.45) is 11.8 Å². The van der Waals surface area contributed by atoms with Crippen molar-refractivity contribution in [1.29, 1.82) is 5.26 Å². The van der Waals surface area contributed by atoms with Crippen LogP contribution in [0.5, 0.6) is 11.6 Å². The van der Waals surface area contributed by atoms with E-state index in [-0.39, 0.29) is 18.1 Å². The first-order chi connectivity index (χ1) is 20.5. The van der Waals surface area contributed by atoms with E-state index in [9.17, 15) is 15.2 Å². The number of aliphatic hydroxyl groups is 1. The van der Waals surface area contributed by atoms with Crippen molar-refractivity contribution < 1.29 is 19.4 Å². The van der Waals surface area contributed by atoms with Crippen LogP contribution in [0.3, 0.4) is 0 Å². The molecule has 0 bridgehead atoms. The van der Waals surface area contributed by atoms with Gasteiger partial charge in [0, 0.05) is 48.2 Å². The van der Waals surface area contributed by atoms with Crippen molar-refractivity contribution in [3.8, 4) is 28.8 Å². The summed E-state index contributed by atoms with van der Waals surface area (Å²) in [4.78, 5) is 24.2. The minimum atomic E-state index is -0.995. The Bertz CT molecular complexity index is 1670. The van der Waals surface area contributed by atoms with Crippen LogP contribution in [0.2, 0.25) is 0 Å². The van der Waals surface area contributed by atoms with Crippen LogP contribution >= 0.6 is 0 Å². The maximum atomic E-state index is 12.9. The van der Waals surface area contributed by atoms with E-state index < -0.39 is 5.60 Å². The van der Waals surface area contributed by atoms with E-state index in [2.05, 4.69) is 33.3 Å². The normalized spacial score (nSPS) is 21.4. The summed E-state index contributed by atoms with van der Waals surface area (Å²) in [5.41, 5.74) is 2.00. The molecule has 3 atom stereocenters. The van der Waals surface area contributed by atoms with E-state index in [0.717, 1.165) is 42.9 Å². The van der Waals surface area contributed by atoms with Crippen LogP contribution in [0.15, 0.2) is 55.1 Å². The third kappa shape index (κ3) is 5.83. The molecule has 11 nitrogen and oxygen atoms in total. The third-order valence-corrected chi connectivity index (χ3v) is 8.31. The predicted octanol–water partition coefficient (Wildman–Crippen LogP) is 3.86. The molecule has 11 heteroatoms. The highest BCUT2D eigenvalue weighted by Crippen LogP contribution is 2.45. The average molecular weight is 582 g/mol. The molecule has 0 unspecified atom stereocenters. The standard InChI is InChI=1S/C32H35N7O4/c1-31(2,41)19-43-25-9-26(29-24(12-33)15-36-39(29)18-25)20-5-7-27(34-13-20)38-16-22-10-32(3,11-23(22)17-38)37-30(40)21-6-8-28(42-4)35-14-21/h5-9,13-15,18,22-23,41H,10-11,16-17,19H2,1-4H3,(H,37,40)/t22-,23+,32+. The van der Waals surface area contributed by atoms with Gasteiger partial charge in [-0.15, -0.1) is 0 Å². The third-order valence-electron chi connectivity index (χ3n) is 8.31. The summed E-state index contributed by atoms with van der Waals surface area (Å²) in [6.07, 6.45) is 8.40. The largest absolute Gasteiger partial charge is 0.489 e. The van der Waals surface area contributed by atoms with Crippen molar-refractivity contribution >= 4 is 17.2 Å². The van der Waals surface area contributed by atoms with Gasteiger partial charge in [-0.3, -0.25) is 4.79 Å². The van der Waals surface area contributed by atoms with Crippen LogP contribution in [-0.4, -0.2) is 68.5 Å². The Hall–Kier alpha value is -4.69. The SMILES string of the molecule is COc1ccc(C(=O)N[C@]2(C)C[C@H]3CN(c4ccc(-c5cc(OCC(C)(C)O)cn6ncc(C#N)c56)cn4)C[C@H]3C2)cn1. The van der Waals surface area contributed by atoms with E-state index in [1.807, 2.05) is 24.4 Å². The fraction of sp³-hybridized carbons (Fsp3) is 0.406. The molecular weight excluding hydrogens is 546 g/mol. The first kappa shape index (κ1) is 28.4. The number of nitriles is 1. The lowest BCUT2D eigenvalue weighted by Crippen LogP contribution is -2.45. The first-order valence-corrected chi connectivity index (χ1v) is 14.3. The van der Waals surface area contributed by atoms with E-state index in [1.54, 1.807) is 50.0 Å². The van der Waals surface area contributed by atoms with E-state index in [4.69, 9.17) is 14.5 Å². The summed E-state index contributed by atoms with van der Waals surface area (Å²) >= 11 is 0. The average Bonchev–Trinajstić information content (AvgIpc) is 3.66. The quantitative estimate of drug-likeness (QED) is 0.318. The van der Waals surface area contributed by atoms with E-state index in [0.29, 0.717) is 40.1 Å². The summed E-state index contributed by atoms with van der Waals surface area (Å²) in [6, 6.07) is 11.5. The molecule has 0 radical (unpaired) electrons. The number of hydrogen-bond acceptors (Lipinski definition) is 9. The number of pyridine rings is 3. The Morgan fingerprint density at radius 2 is 1.93 bits per heavy atom. The molecule has 43 heavy (non-hydrogen) atoms. The van der Waals surface area contributed by atoms with Gasteiger partial charge in [0.2, 0.25) is 5.88 Å². The van der Waals surface area contributed by atoms with E-state index >= 15 is 0 Å². The predicted molar refractivity (Wildman–Crippen MR) is 160 cm³/mol. The van der Waals surface area contributed by atoms with Crippen LogP contribution < -0.4 is 19.7 Å². The lowest BCUT2D eigenvalue weighted by molar-refractivity contribution is 0.0283. The molecule has 4 aromatic rings. The fourth-order valence-electron chi connectivity index (χ4n) is 6.38. The second-order valence-electron chi connectivity index (χ2n) is 12.5. The Morgan fingerprint density at radius 3 is 2.53 bits per heavy atom. The second kappa shape index (κ2) is 10.9. The van der Waals surface area contributed by atoms with Crippen molar-refractivity contribution in [3.63, 3.8) is 0 Å². The van der Waals surface area contributed by atoms with Crippen molar-refractivity contribution in [2.75, 3.05) is 31.7 Å². The van der Waals surface area contributed by atoms with Gasteiger partial charge in [0.25, 0.3) is 5.91 Å². The van der Waals surface area contributed by atoms with Gasteiger partial charge in [0.15, 0.2) is 0 Å². The Balaban J connectivity index is 1.15. The number of amides is 1. The number of methoxy groups -OCH3 is 1. The summed E-state index contributed by atoms with van der Waals surface area (Å²) in [5, 5.41) is 27.4. The molecule has 1 saturated heterocycles. The molecule has 4 aromatic heterocycles. The zero-order valence-corrected chi connectivity index (χ0v) is 24.7. The van der Waals surface area contributed by atoms with Gasteiger partial charge in [0.05, 0.1) is 41.7 Å². The molecule has 1 aliphatic carbocycles. The van der Waals surface area contributed by atoms with Crippen molar-refractivity contribution in [1.82, 2.24) is 24.9 Å². The molecule has 2 aliphatic rings. The summed E-state index contributed by atoms with van der Waals surface area (Å²) in [7, 11) is 1.55. The molecule has 6 rings (SSSR count). The van der Waals surface area contributed by atoms with Crippen LogP contribution in [0.1, 0.15) is 49.5 Å². The number of nitrogens with zero attached hydrogens (tertiary/aromatic N) is 6. The Kier molecular flexibility index (Phi) is 7.18. The number of carbonyl (C=O) groups is 1. The zero-order valence-electron chi connectivity index (χ0n) is 24.7. The van der Waals surface area contributed by atoms with Gasteiger partial charge in [-0.25, -0.2) is 14.5 Å². The number of aromatic nitrogens is 4. The number of anilines is 1. The minimum Gasteiger partial charge on any atom is -0.489 e. The molecule has 1 aliphatic heterocycles. The first-order valence-electron chi connectivity index (χ1n) is 14.3. The summed E-state index contributed by atoms with van der Waals surface area (Å²) in [6.45, 7) is 7.35. The van der Waals surface area contributed by atoms with Crippen molar-refractivity contribution in [2.45, 2.75) is 44.8 Å². The number of rotatable bonds is 8. The van der Waals surface area contributed by atoms with E-state index in [1.165, 1.54) is 6.20 Å². The minimum absolute atomic E-state index is 0.111. The van der Waals surface area contributed by atoms with Crippen LogP contribution in [0.4, 0.5) is 5.82 Å². The number of carbonyl (C=O) groups excluding carboxylic acids is 1. The Morgan fingerprint density at radius 1 is 1.16 bits per heavy atom. The van der Waals surface area contributed by atoms with Gasteiger partial charge in [0.1, 0.15) is 24.2 Å². The molecule has 2 fully saturated rings. The maximum Gasteiger partial charge on any atom is 0.253 e. The van der Waals surface area contributed by atoms with Gasteiger partial charge < -0.3 is 24.8 Å². The van der Waals surface area contributed by atoms with Gasteiger partial charge in [-0.05, 0) is 69.7 Å².